The van der Waals surface area contributed by atoms with E-state index in [0.29, 0.717) is 17.3 Å². The predicted molar refractivity (Wildman–Crippen MR) is 86.7 cm³/mol. The number of ether oxygens (including phenoxy) is 1. The SMILES string of the molecule is CCOc1ccc(C(=O)CCC(=O)Nc2nc(C)cs2)cc1. The summed E-state index contributed by atoms with van der Waals surface area (Å²) >= 11 is 1.37. The number of nitrogens with zero attached hydrogens (tertiary/aromatic N) is 1. The monoisotopic (exact) mass is 318 g/mol. The maximum Gasteiger partial charge on any atom is 0.226 e. The molecule has 1 aromatic carbocycles. The van der Waals surface area contributed by atoms with Gasteiger partial charge in [-0.2, -0.15) is 0 Å². The number of thiazole rings is 1. The lowest BCUT2D eigenvalue weighted by Crippen LogP contribution is -2.13. The van der Waals surface area contributed by atoms with Gasteiger partial charge in [-0.1, -0.05) is 0 Å². The second-order valence-electron chi connectivity index (χ2n) is 4.72. The molecular weight excluding hydrogens is 300 g/mol. The third kappa shape index (κ3) is 4.66. The number of amides is 1. The fourth-order valence-corrected chi connectivity index (χ4v) is 2.57. The van der Waals surface area contributed by atoms with E-state index in [9.17, 15) is 9.59 Å². The molecule has 0 radical (unpaired) electrons. The van der Waals surface area contributed by atoms with Gasteiger partial charge in [-0.3, -0.25) is 9.59 Å². The van der Waals surface area contributed by atoms with Crippen LogP contribution < -0.4 is 10.1 Å². The molecule has 0 saturated heterocycles. The molecule has 2 aromatic rings. The number of nitrogens with one attached hydrogen (secondary N) is 1. The smallest absolute Gasteiger partial charge is 0.226 e. The lowest BCUT2D eigenvalue weighted by atomic mass is 10.1. The molecule has 0 aliphatic heterocycles. The second-order valence-corrected chi connectivity index (χ2v) is 5.58. The van der Waals surface area contributed by atoms with Gasteiger partial charge >= 0.3 is 0 Å². The zero-order chi connectivity index (χ0) is 15.9. The van der Waals surface area contributed by atoms with Crippen molar-refractivity contribution in [2.24, 2.45) is 0 Å². The molecule has 0 fully saturated rings. The van der Waals surface area contributed by atoms with Crippen molar-refractivity contribution in [2.45, 2.75) is 26.7 Å². The van der Waals surface area contributed by atoms with E-state index >= 15 is 0 Å². The van der Waals surface area contributed by atoms with Crippen LogP contribution in [0.5, 0.6) is 5.75 Å². The fraction of sp³-hybridized carbons (Fsp3) is 0.312. The number of ketones is 1. The van der Waals surface area contributed by atoms with Gasteiger partial charge in [0.05, 0.1) is 12.3 Å². The standard InChI is InChI=1S/C16H18N2O3S/c1-3-21-13-6-4-12(5-7-13)14(19)8-9-15(20)18-16-17-11(2)10-22-16/h4-7,10H,3,8-9H2,1-2H3,(H,17,18,20). The molecule has 116 valence electrons. The van der Waals surface area contributed by atoms with E-state index in [0.717, 1.165) is 11.4 Å². The first-order valence-corrected chi connectivity index (χ1v) is 7.94. The Labute approximate surface area is 133 Å². The van der Waals surface area contributed by atoms with Gasteiger partial charge < -0.3 is 10.1 Å². The molecule has 2 rings (SSSR count). The maximum atomic E-state index is 12.0. The summed E-state index contributed by atoms with van der Waals surface area (Å²) in [4.78, 5) is 28.0. The van der Waals surface area contributed by atoms with Crippen LogP contribution in [-0.4, -0.2) is 23.3 Å². The lowest BCUT2D eigenvalue weighted by molar-refractivity contribution is -0.116. The van der Waals surface area contributed by atoms with Crippen molar-refractivity contribution in [3.05, 3.63) is 40.9 Å². The Kier molecular flexibility index (Phi) is 5.66. The fourth-order valence-electron chi connectivity index (χ4n) is 1.87. The Morgan fingerprint density at radius 3 is 2.55 bits per heavy atom. The van der Waals surface area contributed by atoms with E-state index in [1.54, 1.807) is 24.3 Å². The van der Waals surface area contributed by atoms with E-state index in [1.807, 2.05) is 19.2 Å². The van der Waals surface area contributed by atoms with Crippen molar-refractivity contribution in [1.82, 2.24) is 4.98 Å². The highest BCUT2D eigenvalue weighted by molar-refractivity contribution is 7.13. The summed E-state index contributed by atoms with van der Waals surface area (Å²) in [5.74, 6) is 0.470. The summed E-state index contributed by atoms with van der Waals surface area (Å²) in [6.45, 7) is 4.35. The summed E-state index contributed by atoms with van der Waals surface area (Å²) < 4.78 is 5.33. The van der Waals surface area contributed by atoms with Crippen LogP contribution >= 0.6 is 11.3 Å². The van der Waals surface area contributed by atoms with Crippen molar-refractivity contribution >= 4 is 28.2 Å². The molecule has 1 aromatic heterocycles. The maximum absolute atomic E-state index is 12.0. The van der Waals surface area contributed by atoms with Gasteiger partial charge in [-0.15, -0.1) is 11.3 Å². The summed E-state index contributed by atoms with van der Waals surface area (Å²) in [5.41, 5.74) is 1.45. The Bertz CT molecular complexity index is 650. The highest BCUT2D eigenvalue weighted by Gasteiger charge is 2.11. The van der Waals surface area contributed by atoms with Crippen molar-refractivity contribution in [1.29, 1.82) is 0 Å². The van der Waals surface area contributed by atoms with Gasteiger partial charge in [-0.25, -0.2) is 4.98 Å². The molecule has 0 bridgehead atoms. The number of benzene rings is 1. The van der Waals surface area contributed by atoms with Crippen LogP contribution in [0.25, 0.3) is 0 Å². The minimum Gasteiger partial charge on any atom is -0.494 e. The van der Waals surface area contributed by atoms with Gasteiger partial charge in [0, 0.05) is 23.8 Å². The molecule has 0 aliphatic carbocycles. The van der Waals surface area contributed by atoms with Crippen LogP contribution in [0, 0.1) is 6.92 Å². The summed E-state index contributed by atoms with van der Waals surface area (Å²) in [7, 11) is 0. The van der Waals surface area contributed by atoms with Crippen LogP contribution in [0.4, 0.5) is 5.13 Å². The largest absolute Gasteiger partial charge is 0.494 e. The number of hydrogen-bond donors (Lipinski definition) is 1. The molecule has 0 unspecified atom stereocenters. The van der Waals surface area contributed by atoms with Crippen LogP contribution in [0.15, 0.2) is 29.6 Å². The van der Waals surface area contributed by atoms with E-state index in [4.69, 9.17) is 4.74 Å². The Hall–Kier alpha value is -2.21. The van der Waals surface area contributed by atoms with Gasteiger partial charge in [0.25, 0.3) is 0 Å². The second kappa shape index (κ2) is 7.70. The van der Waals surface area contributed by atoms with Gasteiger partial charge in [0.2, 0.25) is 5.91 Å². The molecule has 0 aliphatic rings. The van der Waals surface area contributed by atoms with Crippen LogP contribution in [0.1, 0.15) is 35.8 Å². The zero-order valence-corrected chi connectivity index (χ0v) is 13.4. The quantitative estimate of drug-likeness (QED) is 0.794. The van der Waals surface area contributed by atoms with Crippen LogP contribution in [0.2, 0.25) is 0 Å². The Balaban J connectivity index is 1.82. The molecule has 1 N–H and O–H groups in total. The molecule has 0 atom stereocenters. The third-order valence-corrected chi connectivity index (χ3v) is 3.81. The number of rotatable bonds is 7. The number of anilines is 1. The van der Waals surface area contributed by atoms with E-state index in [2.05, 4.69) is 10.3 Å². The van der Waals surface area contributed by atoms with Gasteiger partial charge in [-0.05, 0) is 38.1 Å². The number of aryl methyl sites for hydroxylation is 1. The van der Waals surface area contributed by atoms with Crippen molar-refractivity contribution < 1.29 is 14.3 Å². The molecular formula is C16H18N2O3S. The highest BCUT2D eigenvalue weighted by atomic mass is 32.1. The average Bonchev–Trinajstić information content (AvgIpc) is 2.91. The summed E-state index contributed by atoms with van der Waals surface area (Å²) in [6, 6.07) is 6.95. The lowest BCUT2D eigenvalue weighted by Gasteiger charge is -2.05. The molecule has 1 amide bonds. The van der Waals surface area contributed by atoms with Crippen molar-refractivity contribution in [3.63, 3.8) is 0 Å². The van der Waals surface area contributed by atoms with Crippen LogP contribution in [-0.2, 0) is 4.79 Å². The third-order valence-electron chi connectivity index (χ3n) is 2.93. The number of hydrogen-bond acceptors (Lipinski definition) is 5. The molecule has 0 saturated carbocycles. The first-order valence-electron chi connectivity index (χ1n) is 7.06. The number of aromatic nitrogens is 1. The summed E-state index contributed by atoms with van der Waals surface area (Å²) in [5, 5.41) is 5.12. The molecule has 6 heteroatoms. The van der Waals surface area contributed by atoms with Crippen molar-refractivity contribution in [2.75, 3.05) is 11.9 Å². The minimum absolute atomic E-state index is 0.0616. The topological polar surface area (TPSA) is 68.3 Å². The highest BCUT2D eigenvalue weighted by Crippen LogP contribution is 2.16. The van der Waals surface area contributed by atoms with E-state index < -0.39 is 0 Å². The average molecular weight is 318 g/mol. The molecule has 5 nitrogen and oxygen atoms in total. The Morgan fingerprint density at radius 1 is 1.23 bits per heavy atom. The van der Waals surface area contributed by atoms with Crippen molar-refractivity contribution in [3.8, 4) is 5.75 Å². The van der Waals surface area contributed by atoms with E-state index in [1.165, 1.54) is 11.3 Å². The first-order chi connectivity index (χ1) is 10.6. The number of Topliss-reactive ketones (excluding diaryl/α,β-unsaturated/α-hetero) is 1. The minimum atomic E-state index is -0.200. The normalized spacial score (nSPS) is 10.3. The molecule has 0 spiro atoms. The summed E-state index contributed by atoms with van der Waals surface area (Å²) in [6.07, 6.45) is 0.314. The Morgan fingerprint density at radius 2 is 1.95 bits per heavy atom. The van der Waals surface area contributed by atoms with Gasteiger partial charge in [0.15, 0.2) is 10.9 Å². The number of carbonyl (C=O) groups excluding carboxylic acids is 2. The molecule has 22 heavy (non-hydrogen) atoms. The number of carbonyl (C=O) groups is 2. The predicted octanol–water partition coefficient (Wildman–Crippen LogP) is 3.45. The molecule has 1 heterocycles. The van der Waals surface area contributed by atoms with E-state index in [-0.39, 0.29) is 24.5 Å². The zero-order valence-electron chi connectivity index (χ0n) is 12.6. The van der Waals surface area contributed by atoms with Gasteiger partial charge in [0.1, 0.15) is 5.75 Å². The van der Waals surface area contributed by atoms with Crippen LogP contribution in [0.3, 0.4) is 0 Å². The first kappa shape index (κ1) is 16.2.